The molecule has 2 amide bonds. The molecule has 1 aliphatic heterocycles. The van der Waals surface area contributed by atoms with Crippen LogP contribution in [0.5, 0.6) is 5.75 Å². The first-order chi connectivity index (χ1) is 9.67. The van der Waals surface area contributed by atoms with E-state index in [0.717, 1.165) is 5.56 Å². The molecule has 1 atom stereocenters. The SMILES string of the molecule is Cc1ccc2c(c1)N(CC(=O)NC(C)(C)C)C(=O)[C@@H](C)O2. The minimum atomic E-state index is -0.581. The molecule has 21 heavy (non-hydrogen) atoms. The standard InChI is InChI=1S/C16H22N2O3/c1-10-6-7-13-12(8-10)18(15(20)11(2)21-13)9-14(19)17-16(3,4)5/h6-8,11H,9H2,1-5H3,(H,17,19)/t11-/m1/s1. The lowest BCUT2D eigenvalue weighted by molar-refractivity contribution is -0.128. The molecule has 1 aliphatic rings. The van der Waals surface area contributed by atoms with Crippen molar-refractivity contribution in [3.63, 3.8) is 0 Å². The number of ether oxygens (including phenoxy) is 1. The monoisotopic (exact) mass is 290 g/mol. The van der Waals surface area contributed by atoms with Gasteiger partial charge < -0.3 is 10.1 Å². The Morgan fingerprint density at radius 2 is 2.05 bits per heavy atom. The molecule has 0 saturated heterocycles. The average molecular weight is 290 g/mol. The van der Waals surface area contributed by atoms with E-state index in [1.165, 1.54) is 4.90 Å². The van der Waals surface area contributed by atoms with Gasteiger partial charge in [-0.05, 0) is 52.3 Å². The number of aryl methyl sites for hydroxylation is 1. The van der Waals surface area contributed by atoms with Gasteiger partial charge >= 0.3 is 0 Å². The molecular weight excluding hydrogens is 268 g/mol. The van der Waals surface area contributed by atoms with Crippen molar-refractivity contribution >= 4 is 17.5 Å². The van der Waals surface area contributed by atoms with Crippen LogP contribution in [0.2, 0.25) is 0 Å². The molecule has 2 rings (SSSR count). The van der Waals surface area contributed by atoms with Crippen LogP contribution in [0.3, 0.4) is 0 Å². The molecule has 0 aliphatic carbocycles. The Hall–Kier alpha value is -2.04. The van der Waals surface area contributed by atoms with Crippen LogP contribution in [0.15, 0.2) is 18.2 Å². The molecule has 5 nitrogen and oxygen atoms in total. The topological polar surface area (TPSA) is 58.6 Å². The van der Waals surface area contributed by atoms with Crippen molar-refractivity contribution in [3.05, 3.63) is 23.8 Å². The van der Waals surface area contributed by atoms with Crippen LogP contribution in [0.1, 0.15) is 33.3 Å². The minimum absolute atomic E-state index is 0.000255. The van der Waals surface area contributed by atoms with E-state index in [9.17, 15) is 9.59 Å². The van der Waals surface area contributed by atoms with Crippen molar-refractivity contribution in [1.82, 2.24) is 5.32 Å². The third-order valence-electron chi connectivity index (χ3n) is 3.14. The highest BCUT2D eigenvalue weighted by Gasteiger charge is 2.33. The number of fused-ring (bicyclic) bond motifs is 1. The number of hydrogen-bond acceptors (Lipinski definition) is 3. The molecule has 1 aromatic carbocycles. The van der Waals surface area contributed by atoms with E-state index in [1.807, 2.05) is 45.9 Å². The third kappa shape index (κ3) is 3.54. The number of anilines is 1. The predicted molar refractivity (Wildman–Crippen MR) is 81.5 cm³/mol. The molecule has 5 heteroatoms. The first-order valence-electron chi connectivity index (χ1n) is 7.07. The number of carbonyl (C=O) groups is 2. The highest BCUT2D eigenvalue weighted by molar-refractivity contribution is 6.03. The Kier molecular flexibility index (Phi) is 3.94. The summed E-state index contributed by atoms with van der Waals surface area (Å²) in [5.41, 5.74) is 1.34. The first-order valence-corrected chi connectivity index (χ1v) is 7.07. The normalized spacial score (nSPS) is 18.0. The van der Waals surface area contributed by atoms with Crippen LogP contribution >= 0.6 is 0 Å². The van der Waals surface area contributed by atoms with Gasteiger partial charge in [0.1, 0.15) is 12.3 Å². The van der Waals surface area contributed by atoms with Gasteiger partial charge in [0.05, 0.1) is 5.69 Å². The number of hydrogen-bond donors (Lipinski definition) is 1. The van der Waals surface area contributed by atoms with Crippen LogP contribution in [0.25, 0.3) is 0 Å². The molecule has 0 spiro atoms. The number of benzene rings is 1. The second-order valence-corrected chi connectivity index (χ2v) is 6.45. The van der Waals surface area contributed by atoms with Crippen molar-refractivity contribution in [2.45, 2.75) is 46.3 Å². The van der Waals surface area contributed by atoms with Crippen LogP contribution in [-0.4, -0.2) is 30.0 Å². The minimum Gasteiger partial charge on any atom is -0.479 e. The summed E-state index contributed by atoms with van der Waals surface area (Å²) in [6, 6.07) is 5.63. The van der Waals surface area contributed by atoms with E-state index in [0.29, 0.717) is 11.4 Å². The lowest BCUT2D eigenvalue weighted by Gasteiger charge is -2.33. The Balaban J connectivity index is 2.27. The van der Waals surface area contributed by atoms with Gasteiger partial charge in [-0.3, -0.25) is 14.5 Å². The number of rotatable bonds is 2. The van der Waals surface area contributed by atoms with Gasteiger partial charge in [0, 0.05) is 5.54 Å². The maximum atomic E-state index is 12.3. The van der Waals surface area contributed by atoms with Gasteiger partial charge in [-0.2, -0.15) is 0 Å². The molecular formula is C16H22N2O3. The molecule has 0 bridgehead atoms. The summed E-state index contributed by atoms with van der Waals surface area (Å²) in [7, 11) is 0. The fourth-order valence-electron chi connectivity index (χ4n) is 2.28. The van der Waals surface area contributed by atoms with Crippen LogP contribution in [0.4, 0.5) is 5.69 Å². The lowest BCUT2D eigenvalue weighted by Crippen LogP contribution is -2.51. The summed E-state index contributed by atoms with van der Waals surface area (Å²) in [6.07, 6.45) is -0.581. The molecule has 0 saturated carbocycles. The van der Waals surface area contributed by atoms with Crippen molar-refractivity contribution < 1.29 is 14.3 Å². The van der Waals surface area contributed by atoms with Crippen molar-refractivity contribution in [3.8, 4) is 5.75 Å². The van der Waals surface area contributed by atoms with Crippen LogP contribution < -0.4 is 15.0 Å². The maximum Gasteiger partial charge on any atom is 0.268 e. The smallest absolute Gasteiger partial charge is 0.268 e. The zero-order valence-corrected chi connectivity index (χ0v) is 13.2. The van der Waals surface area contributed by atoms with Crippen molar-refractivity contribution in [2.24, 2.45) is 0 Å². The van der Waals surface area contributed by atoms with E-state index in [2.05, 4.69) is 5.32 Å². The Morgan fingerprint density at radius 1 is 1.38 bits per heavy atom. The number of amides is 2. The highest BCUT2D eigenvalue weighted by atomic mass is 16.5. The molecule has 1 heterocycles. The molecule has 0 radical (unpaired) electrons. The van der Waals surface area contributed by atoms with Gasteiger partial charge in [-0.1, -0.05) is 6.07 Å². The largest absolute Gasteiger partial charge is 0.479 e. The van der Waals surface area contributed by atoms with Gasteiger partial charge in [0.25, 0.3) is 5.91 Å². The summed E-state index contributed by atoms with van der Waals surface area (Å²) in [5.74, 6) is 0.255. The zero-order valence-electron chi connectivity index (χ0n) is 13.2. The molecule has 1 N–H and O–H groups in total. The first kappa shape index (κ1) is 15.4. The summed E-state index contributed by atoms with van der Waals surface area (Å²) >= 11 is 0. The lowest BCUT2D eigenvalue weighted by atomic mass is 10.1. The van der Waals surface area contributed by atoms with Crippen molar-refractivity contribution in [1.29, 1.82) is 0 Å². The van der Waals surface area contributed by atoms with E-state index in [1.54, 1.807) is 6.92 Å². The number of nitrogens with one attached hydrogen (secondary N) is 1. The second-order valence-electron chi connectivity index (χ2n) is 6.45. The quantitative estimate of drug-likeness (QED) is 0.906. The molecule has 0 fully saturated rings. The van der Waals surface area contributed by atoms with Crippen LogP contribution in [-0.2, 0) is 9.59 Å². The van der Waals surface area contributed by atoms with E-state index < -0.39 is 6.10 Å². The highest BCUT2D eigenvalue weighted by Crippen LogP contribution is 2.34. The van der Waals surface area contributed by atoms with Gasteiger partial charge in [-0.15, -0.1) is 0 Å². The van der Waals surface area contributed by atoms with E-state index in [4.69, 9.17) is 4.74 Å². The zero-order chi connectivity index (χ0) is 15.8. The molecule has 114 valence electrons. The second kappa shape index (κ2) is 5.39. The van der Waals surface area contributed by atoms with E-state index in [-0.39, 0.29) is 23.9 Å². The van der Waals surface area contributed by atoms with E-state index >= 15 is 0 Å². The van der Waals surface area contributed by atoms with Crippen molar-refractivity contribution in [2.75, 3.05) is 11.4 Å². The molecule has 1 aromatic rings. The van der Waals surface area contributed by atoms with Gasteiger partial charge in [0.2, 0.25) is 5.91 Å². The Bertz CT molecular complexity index is 575. The molecule has 0 aromatic heterocycles. The average Bonchev–Trinajstić information content (AvgIpc) is 2.34. The molecule has 0 unspecified atom stereocenters. The van der Waals surface area contributed by atoms with Gasteiger partial charge in [-0.25, -0.2) is 0 Å². The summed E-state index contributed by atoms with van der Waals surface area (Å²) in [4.78, 5) is 25.9. The Morgan fingerprint density at radius 3 is 2.67 bits per heavy atom. The summed E-state index contributed by atoms with van der Waals surface area (Å²) in [5, 5.41) is 2.87. The number of carbonyl (C=O) groups excluding carboxylic acids is 2. The third-order valence-corrected chi connectivity index (χ3v) is 3.14. The predicted octanol–water partition coefficient (Wildman–Crippen LogP) is 2.02. The fourth-order valence-corrected chi connectivity index (χ4v) is 2.28. The maximum absolute atomic E-state index is 12.3. The summed E-state index contributed by atoms with van der Waals surface area (Å²) < 4.78 is 5.59. The van der Waals surface area contributed by atoms with Gasteiger partial charge in [0.15, 0.2) is 6.10 Å². The Labute approximate surface area is 125 Å². The summed E-state index contributed by atoms with van der Waals surface area (Å²) in [6.45, 7) is 9.36. The fraction of sp³-hybridized carbons (Fsp3) is 0.500. The van der Waals surface area contributed by atoms with Crippen LogP contribution in [0, 0.1) is 6.92 Å². The number of nitrogens with zero attached hydrogens (tertiary/aromatic N) is 1.